The highest BCUT2D eigenvalue weighted by atomic mass is 32.2. The summed E-state index contributed by atoms with van der Waals surface area (Å²) in [6, 6.07) is 14.8. The number of benzene rings is 2. The molecule has 1 N–H and O–H groups in total. The minimum Gasteiger partial charge on any atom is -0.495 e. The Morgan fingerprint density at radius 1 is 1.15 bits per heavy atom. The maximum absolute atomic E-state index is 13.1. The highest BCUT2D eigenvalue weighted by Gasteiger charge is 2.29. The summed E-state index contributed by atoms with van der Waals surface area (Å²) in [5.74, 6) is -0.0216. The van der Waals surface area contributed by atoms with E-state index in [0.717, 1.165) is 11.3 Å². The number of hydrogen-bond donors (Lipinski definition) is 1. The second-order valence-electron chi connectivity index (χ2n) is 7.52. The molecule has 2 aromatic carbocycles. The van der Waals surface area contributed by atoms with Crippen LogP contribution in [0.2, 0.25) is 0 Å². The van der Waals surface area contributed by atoms with Gasteiger partial charge in [0.25, 0.3) is 0 Å². The summed E-state index contributed by atoms with van der Waals surface area (Å²) in [6.07, 6.45) is 2.52. The van der Waals surface area contributed by atoms with Gasteiger partial charge in [0.15, 0.2) is 5.13 Å². The van der Waals surface area contributed by atoms with Crippen molar-refractivity contribution in [2.24, 2.45) is 0 Å². The number of morpholine rings is 1. The monoisotopic (exact) mass is 487 g/mol. The number of sulfonamides is 1. The van der Waals surface area contributed by atoms with E-state index in [-0.39, 0.29) is 36.1 Å². The Balaban J connectivity index is 1.44. The molecule has 0 bridgehead atoms. The fourth-order valence-electron chi connectivity index (χ4n) is 3.55. The average molecular weight is 488 g/mol. The lowest BCUT2D eigenvalue weighted by Gasteiger charge is -2.26. The number of hydrogen-bond acceptors (Lipinski definition) is 7. The highest BCUT2D eigenvalue weighted by molar-refractivity contribution is 7.89. The van der Waals surface area contributed by atoms with Crippen LogP contribution in [0.15, 0.2) is 59.6 Å². The minimum absolute atomic E-state index is 0.0171. The molecule has 0 unspecified atom stereocenters. The number of nitrogens with one attached hydrogen (secondary N) is 1. The maximum Gasteiger partial charge on any atom is 0.246 e. The molecule has 4 rings (SSSR count). The Kier molecular flexibility index (Phi) is 7.39. The molecule has 0 saturated carbocycles. The Bertz CT molecular complexity index is 1210. The van der Waals surface area contributed by atoms with Crippen LogP contribution >= 0.6 is 11.3 Å². The van der Waals surface area contributed by atoms with E-state index in [1.165, 1.54) is 34.4 Å². The van der Waals surface area contributed by atoms with Crippen molar-refractivity contribution in [3.05, 3.63) is 70.7 Å². The molecule has 1 amide bonds. The van der Waals surface area contributed by atoms with E-state index in [1.54, 1.807) is 18.3 Å². The molecule has 1 saturated heterocycles. The molecular weight excluding hydrogens is 462 g/mol. The molecule has 0 radical (unpaired) electrons. The normalized spacial score (nSPS) is 14.7. The van der Waals surface area contributed by atoms with Gasteiger partial charge in [-0.3, -0.25) is 4.79 Å². The van der Waals surface area contributed by atoms with Crippen LogP contribution in [-0.4, -0.2) is 57.0 Å². The van der Waals surface area contributed by atoms with Crippen molar-refractivity contribution in [1.29, 1.82) is 0 Å². The second-order valence-corrected chi connectivity index (χ2v) is 10.5. The van der Waals surface area contributed by atoms with Crippen molar-refractivity contribution in [1.82, 2.24) is 9.29 Å². The van der Waals surface area contributed by atoms with Crippen LogP contribution in [0.4, 0.5) is 5.13 Å². The summed E-state index contributed by atoms with van der Waals surface area (Å²) in [4.78, 5) is 18.0. The van der Waals surface area contributed by atoms with Crippen LogP contribution in [0, 0.1) is 0 Å². The Hall–Kier alpha value is -2.79. The Labute approximate surface area is 197 Å². The van der Waals surface area contributed by atoms with Gasteiger partial charge in [0.05, 0.1) is 26.7 Å². The van der Waals surface area contributed by atoms with E-state index in [2.05, 4.69) is 10.3 Å². The van der Waals surface area contributed by atoms with Gasteiger partial charge in [-0.05, 0) is 23.3 Å². The van der Waals surface area contributed by atoms with Gasteiger partial charge in [0, 0.05) is 30.6 Å². The van der Waals surface area contributed by atoms with Crippen molar-refractivity contribution in [3.63, 3.8) is 0 Å². The summed E-state index contributed by atoms with van der Waals surface area (Å²) in [5, 5.41) is 3.32. The fraction of sp³-hybridized carbons (Fsp3) is 0.304. The number of nitrogens with zero attached hydrogens (tertiary/aromatic N) is 2. The van der Waals surface area contributed by atoms with Crippen LogP contribution in [0.3, 0.4) is 0 Å². The zero-order valence-corrected chi connectivity index (χ0v) is 19.8. The molecular formula is C23H25N3O5S2. The van der Waals surface area contributed by atoms with E-state index in [4.69, 9.17) is 9.47 Å². The van der Waals surface area contributed by atoms with Crippen molar-refractivity contribution in [2.45, 2.75) is 17.7 Å². The molecule has 0 aliphatic carbocycles. The third-order valence-electron chi connectivity index (χ3n) is 5.20. The molecule has 3 aromatic rings. The molecule has 33 heavy (non-hydrogen) atoms. The SMILES string of the molecule is COc1ccc(CC(=O)Nc2ncc(Cc3ccccc3)s2)cc1S(=O)(=O)N1CCOCC1. The summed E-state index contributed by atoms with van der Waals surface area (Å²) < 4.78 is 38.2. The van der Waals surface area contributed by atoms with Gasteiger partial charge in [0.1, 0.15) is 10.6 Å². The number of methoxy groups -OCH3 is 1. The molecule has 1 aliphatic rings. The largest absolute Gasteiger partial charge is 0.495 e. The first-order valence-corrected chi connectivity index (χ1v) is 12.7. The summed E-state index contributed by atoms with van der Waals surface area (Å²) in [7, 11) is -2.34. The summed E-state index contributed by atoms with van der Waals surface area (Å²) in [5.41, 5.74) is 1.74. The minimum atomic E-state index is -3.76. The van der Waals surface area contributed by atoms with Gasteiger partial charge in [-0.1, -0.05) is 36.4 Å². The fourth-order valence-corrected chi connectivity index (χ4v) is 6.03. The molecule has 10 heteroatoms. The molecule has 0 spiro atoms. The number of amides is 1. The summed E-state index contributed by atoms with van der Waals surface area (Å²) >= 11 is 1.42. The molecule has 8 nitrogen and oxygen atoms in total. The predicted molar refractivity (Wildman–Crippen MR) is 126 cm³/mol. The van der Waals surface area contributed by atoms with Crippen molar-refractivity contribution < 1.29 is 22.7 Å². The highest BCUT2D eigenvalue weighted by Crippen LogP contribution is 2.29. The van der Waals surface area contributed by atoms with E-state index in [0.29, 0.717) is 23.9 Å². The number of ether oxygens (including phenoxy) is 2. The maximum atomic E-state index is 13.1. The number of anilines is 1. The van der Waals surface area contributed by atoms with Crippen LogP contribution in [0.5, 0.6) is 5.75 Å². The topological polar surface area (TPSA) is 97.8 Å². The third-order valence-corrected chi connectivity index (χ3v) is 8.03. The van der Waals surface area contributed by atoms with Crippen molar-refractivity contribution >= 4 is 32.4 Å². The first-order valence-electron chi connectivity index (χ1n) is 10.5. The second kappa shape index (κ2) is 10.4. The van der Waals surface area contributed by atoms with Crippen LogP contribution in [0.1, 0.15) is 16.0 Å². The van der Waals surface area contributed by atoms with Gasteiger partial charge in [-0.15, -0.1) is 11.3 Å². The van der Waals surface area contributed by atoms with Crippen LogP contribution in [-0.2, 0) is 32.4 Å². The average Bonchev–Trinajstić information content (AvgIpc) is 3.26. The number of carbonyl (C=O) groups is 1. The number of rotatable bonds is 8. The van der Waals surface area contributed by atoms with Gasteiger partial charge in [-0.25, -0.2) is 13.4 Å². The molecule has 174 valence electrons. The Morgan fingerprint density at radius 2 is 1.91 bits per heavy atom. The lowest BCUT2D eigenvalue weighted by atomic mass is 10.1. The van der Waals surface area contributed by atoms with Crippen molar-refractivity contribution in [3.8, 4) is 5.75 Å². The van der Waals surface area contributed by atoms with Gasteiger partial charge >= 0.3 is 0 Å². The zero-order valence-electron chi connectivity index (χ0n) is 18.2. The zero-order chi connectivity index (χ0) is 23.3. The molecule has 1 aromatic heterocycles. The van der Waals surface area contributed by atoms with Gasteiger partial charge in [0.2, 0.25) is 15.9 Å². The quantitative estimate of drug-likeness (QED) is 0.525. The van der Waals surface area contributed by atoms with Crippen LogP contribution in [0.25, 0.3) is 0 Å². The van der Waals surface area contributed by atoms with E-state index < -0.39 is 10.0 Å². The third kappa shape index (κ3) is 5.77. The number of carbonyl (C=O) groups excluding carboxylic acids is 1. The first kappa shape index (κ1) is 23.4. The van der Waals surface area contributed by atoms with Crippen molar-refractivity contribution in [2.75, 3.05) is 38.7 Å². The predicted octanol–water partition coefficient (Wildman–Crippen LogP) is 2.94. The van der Waals surface area contributed by atoms with Gasteiger partial charge < -0.3 is 14.8 Å². The smallest absolute Gasteiger partial charge is 0.246 e. The van der Waals surface area contributed by atoms with E-state index in [9.17, 15) is 13.2 Å². The van der Waals surface area contributed by atoms with E-state index >= 15 is 0 Å². The van der Waals surface area contributed by atoms with Gasteiger partial charge in [-0.2, -0.15) is 4.31 Å². The lowest BCUT2D eigenvalue weighted by Crippen LogP contribution is -2.40. The van der Waals surface area contributed by atoms with E-state index in [1.807, 2.05) is 30.3 Å². The number of aromatic nitrogens is 1. The lowest BCUT2D eigenvalue weighted by molar-refractivity contribution is -0.115. The molecule has 0 atom stereocenters. The summed E-state index contributed by atoms with van der Waals surface area (Å²) in [6.45, 7) is 1.27. The van der Waals surface area contributed by atoms with Crippen LogP contribution < -0.4 is 10.1 Å². The standard InChI is InChI=1S/C23H25N3O5S2/c1-30-20-8-7-18(14-21(20)33(28,29)26-9-11-31-12-10-26)15-22(27)25-23-24-16-19(32-23)13-17-5-3-2-4-6-17/h2-8,14,16H,9-13,15H2,1H3,(H,24,25,27). The molecule has 1 fully saturated rings. The first-order chi connectivity index (χ1) is 16.0. The molecule has 1 aliphatic heterocycles. The Morgan fingerprint density at radius 3 is 2.64 bits per heavy atom. The number of thiazole rings is 1. The molecule has 2 heterocycles.